The van der Waals surface area contributed by atoms with Gasteiger partial charge in [-0.2, -0.15) is 0 Å². The molecule has 3 rings (SSSR count). The van der Waals surface area contributed by atoms with E-state index < -0.39 is 0 Å². The zero-order valence-corrected chi connectivity index (χ0v) is 16.4. The molecule has 5 nitrogen and oxygen atoms in total. The lowest BCUT2D eigenvalue weighted by atomic mass is 10.1. The Morgan fingerprint density at radius 2 is 1.81 bits per heavy atom. The van der Waals surface area contributed by atoms with Gasteiger partial charge in [0, 0.05) is 30.6 Å². The Hall–Kier alpha value is -3.08. The lowest BCUT2D eigenvalue weighted by Gasteiger charge is -2.20. The van der Waals surface area contributed by atoms with Crippen LogP contribution in [0.25, 0.3) is 10.9 Å². The first kappa shape index (κ1) is 18.7. The molecule has 0 spiro atoms. The number of benzene rings is 2. The summed E-state index contributed by atoms with van der Waals surface area (Å²) in [5.74, 6) is 1.34. The van der Waals surface area contributed by atoms with Crippen molar-refractivity contribution in [1.29, 1.82) is 0 Å². The maximum atomic E-state index is 13.0. The molecule has 0 aliphatic heterocycles. The first-order chi connectivity index (χ1) is 12.9. The van der Waals surface area contributed by atoms with Gasteiger partial charge in [0.05, 0.1) is 31.0 Å². The van der Waals surface area contributed by atoms with Gasteiger partial charge in [0.2, 0.25) is 0 Å². The predicted molar refractivity (Wildman–Crippen MR) is 107 cm³/mol. The molecular weight excluding hydrogens is 340 g/mol. The van der Waals surface area contributed by atoms with Gasteiger partial charge in [0.15, 0.2) is 0 Å². The fourth-order valence-electron chi connectivity index (χ4n) is 3.12. The van der Waals surface area contributed by atoms with E-state index in [2.05, 4.69) is 4.98 Å². The van der Waals surface area contributed by atoms with Crippen LogP contribution in [-0.2, 0) is 6.54 Å². The zero-order chi connectivity index (χ0) is 19.6. The summed E-state index contributed by atoms with van der Waals surface area (Å²) >= 11 is 0. The van der Waals surface area contributed by atoms with E-state index in [-0.39, 0.29) is 5.91 Å². The maximum absolute atomic E-state index is 13.0. The number of aromatic nitrogens is 1. The molecule has 2 aromatic carbocycles. The number of fused-ring (bicyclic) bond motifs is 1. The second-order valence-corrected chi connectivity index (χ2v) is 6.66. The van der Waals surface area contributed by atoms with Crippen molar-refractivity contribution in [3.8, 4) is 11.5 Å². The highest BCUT2D eigenvalue weighted by Crippen LogP contribution is 2.26. The quantitative estimate of drug-likeness (QED) is 0.683. The Morgan fingerprint density at radius 3 is 2.52 bits per heavy atom. The van der Waals surface area contributed by atoms with Crippen LogP contribution in [0.5, 0.6) is 11.5 Å². The molecule has 27 heavy (non-hydrogen) atoms. The number of nitrogens with zero attached hydrogens (tertiary/aromatic N) is 2. The largest absolute Gasteiger partial charge is 0.497 e. The normalized spacial score (nSPS) is 10.7. The first-order valence-electron chi connectivity index (χ1n) is 8.77. The lowest BCUT2D eigenvalue weighted by molar-refractivity contribution is 0.0783. The molecule has 0 fully saturated rings. The summed E-state index contributed by atoms with van der Waals surface area (Å²) < 4.78 is 10.7. The maximum Gasteiger partial charge on any atom is 0.255 e. The number of pyridine rings is 1. The number of methoxy groups -OCH3 is 2. The van der Waals surface area contributed by atoms with Gasteiger partial charge in [-0.25, -0.2) is 0 Å². The summed E-state index contributed by atoms with van der Waals surface area (Å²) in [6, 6.07) is 13.6. The third kappa shape index (κ3) is 3.87. The molecule has 0 N–H and O–H groups in total. The SMILES string of the molecule is COc1ccc(CN(C)C(=O)c2cc3cc(C)ccc3nc2C)c(OC)c1. The predicted octanol–water partition coefficient (Wildman–Crippen LogP) is 4.14. The molecule has 1 aromatic heterocycles. The molecule has 0 aliphatic carbocycles. The highest BCUT2D eigenvalue weighted by molar-refractivity contribution is 5.98. The monoisotopic (exact) mass is 364 g/mol. The van der Waals surface area contributed by atoms with E-state index in [1.807, 2.05) is 56.3 Å². The second-order valence-electron chi connectivity index (χ2n) is 6.66. The summed E-state index contributed by atoms with van der Waals surface area (Å²) in [6.45, 7) is 4.33. The van der Waals surface area contributed by atoms with Crippen LogP contribution in [0.1, 0.15) is 27.2 Å². The minimum Gasteiger partial charge on any atom is -0.497 e. The molecule has 0 saturated heterocycles. The third-order valence-corrected chi connectivity index (χ3v) is 4.64. The van der Waals surface area contributed by atoms with E-state index >= 15 is 0 Å². The number of ether oxygens (including phenoxy) is 2. The number of rotatable bonds is 5. The first-order valence-corrected chi connectivity index (χ1v) is 8.77. The van der Waals surface area contributed by atoms with E-state index in [9.17, 15) is 4.79 Å². The van der Waals surface area contributed by atoms with Gasteiger partial charge in [-0.1, -0.05) is 11.6 Å². The topological polar surface area (TPSA) is 51.7 Å². The molecule has 140 valence electrons. The summed E-state index contributed by atoms with van der Waals surface area (Å²) in [5.41, 5.74) is 4.29. The number of amides is 1. The lowest BCUT2D eigenvalue weighted by Crippen LogP contribution is -2.27. The Kier molecular flexibility index (Phi) is 5.31. The van der Waals surface area contributed by atoms with Gasteiger partial charge >= 0.3 is 0 Å². The van der Waals surface area contributed by atoms with Crippen molar-refractivity contribution in [1.82, 2.24) is 9.88 Å². The number of carbonyl (C=O) groups excluding carboxylic acids is 1. The van der Waals surface area contributed by atoms with Gasteiger partial charge < -0.3 is 14.4 Å². The fraction of sp³-hybridized carbons (Fsp3) is 0.273. The highest BCUT2D eigenvalue weighted by atomic mass is 16.5. The molecule has 1 amide bonds. The van der Waals surface area contributed by atoms with Crippen LogP contribution in [-0.4, -0.2) is 37.1 Å². The molecule has 0 saturated carbocycles. The molecular formula is C22H24N2O3. The van der Waals surface area contributed by atoms with Crippen LogP contribution in [0.4, 0.5) is 0 Å². The number of carbonyl (C=O) groups is 1. The molecule has 0 unspecified atom stereocenters. The molecule has 0 atom stereocenters. The van der Waals surface area contributed by atoms with Crippen molar-refractivity contribution in [3.05, 3.63) is 64.8 Å². The summed E-state index contributed by atoms with van der Waals surface area (Å²) in [5, 5.41) is 0.972. The third-order valence-electron chi connectivity index (χ3n) is 4.64. The van der Waals surface area contributed by atoms with Crippen LogP contribution in [0.2, 0.25) is 0 Å². The summed E-state index contributed by atoms with van der Waals surface area (Å²) in [7, 11) is 5.01. The molecule has 5 heteroatoms. The van der Waals surface area contributed by atoms with Gasteiger partial charge in [-0.15, -0.1) is 0 Å². The molecule has 0 aliphatic rings. The molecule has 0 radical (unpaired) electrons. The minimum absolute atomic E-state index is 0.0683. The van der Waals surface area contributed by atoms with Crippen molar-refractivity contribution in [2.24, 2.45) is 0 Å². The van der Waals surface area contributed by atoms with E-state index in [0.717, 1.165) is 33.5 Å². The van der Waals surface area contributed by atoms with Crippen molar-refractivity contribution in [2.75, 3.05) is 21.3 Å². The van der Waals surface area contributed by atoms with Crippen LogP contribution >= 0.6 is 0 Å². The summed E-state index contributed by atoms with van der Waals surface area (Å²) in [4.78, 5) is 19.3. The Labute approximate surface area is 159 Å². The van der Waals surface area contributed by atoms with Crippen molar-refractivity contribution >= 4 is 16.8 Å². The van der Waals surface area contributed by atoms with Gasteiger partial charge in [0.1, 0.15) is 11.5 Å². The smallest absolute Gasteiger partial charge is 0.255 e. The molecule has 1 heterocycles. The van der Waals surface area contributed by atoms with Crippen molar-refractivity contribution in [3.63, 3.8) is 0 Å². The van der Waals surface area contributed by atoms with Gasteiger partial charge in [-0.05, 0) is 44.2 Å². The van der Waals surface area contributed by atoms with Crippen LogP contribution in [0.15, 0.2) is 42.5 Å². The van der Waals surface area contributed by atoms with Crippen molar-refractivity contribution in [2.45, 2.75) is 20.4 Å². The highest BCUT2D eigenvalue weighted by Gasteiger charge is 2.18. The Morgan fingerprint density at radius 1 is 1.04 bits per heavy atom. The molecule has 0 bridgehead atoms. The van der Waals surface area contributed by atoms with E-state index in [1.165, 1.54) is 0 Å². The molecule has 3 aromatic rings. The average molecular weight is 364 g/mol. The second kappa shape index (κ2) is 7.66. The zero-order valence-electron chi connectivity index (χ0n) is 16.4. The number of aryl methyl sites for hydroxylation is 2. The average Bonchev–Trinajstić information content (AvgIpc) is 2.67. The standard InChI is InChI=1S/C22H24N2O3/c1-14-6-9-20-17(10-14)11-19(15(2)23-20)22(25)24(3)13-16-7-8-18(26-4)12-21(16)27-5/h6-12H,13H2,1-5H3. The number of hydrogen-bond acceptors (Lipinski definition) is 4. The van der Waals surface area contributed by atoms with E-state index in [4.69, 9.17) is 9.47 Å². The minimum atomic E-state index is -0.0683. The Bertz CT molecular complexity index is 998. The van der Waals surface area contributed by atoms with Crippen LogP contribution in [0, 0.1) is 13.8 Å². The van der Waals surface area contributed by atoms with Crippen molar-refractivity contribution < 1.29 is 14.3 Å². The Balaban J connectivity index is 1.89. The van der Waals surface area contributed by atoms with Crippen LogP contribution in [0.3, 0.4) is 0 Å². The van der Waals surface area contributed by atoms with E-state index in [1.54, 1.807) is 26.2 Å². The van der Waals surface area contributed by atoms with Crippen LogP contribution < -0.4 is 9.47 Å². The van der Waals surface area contributed by atoms with E-state index in [0.29, 0.717) is 17.9 Å². The number of hydrogen-bond donors (Lipinski definition) is 0. The fourth-order valence-corrected chi connectivity index (χ4v) is 3.12. The van der Waals surface area contributed by atoms with Gasteiger partial charge in [-0.3, -0.25) is 9.78 Å². The summed E-state index contributed by atoms with van der Waals surface area (Å²) in [6.07, 6.45) is 0. The van der Waals surface area contributed by atoms with Gasteiger partial charge in [0.25, 0.3) is 5.91 Å².